The second-order valence-electron chi connectivity index (χ2n) is 5.08. The Labute approximate surface area is 138 Å². The molecule has 0 aliphatic carbocycles. The van der Waals surface area contributed by atoms with E-state index in [9.17, 15) is 4.79 Å². The van der Waals surface area contributed by atoms with Crippen molar-refractivity contribution in [2.24, 2.45) is 0 Å². The molecule has 24 heavy (non-hydrogen) atoms. The number of hydrogen-bond acceptors (Lipinski definition) is 4. The van der Waals surface area contributed by atoms with E-state index in [0.29, 0.717) is 29.4 Å². The molecule has 122 valence electrons. The van der Waals surface area contributed by atoms with Gasteiger partial charge in [-0.25, -0.2) is 4.79 Å². The maximum atomic E-state index is 11.0. The van der Waals surface area contributed by atoms with Crippen LogP contribution in [0.1, 0.15) is 16.1 Å². The third-order valence-electron chi connectivity index (χ3n) is 3.50. The van der Waals surface area contributed by atoms with E-state index < -0.39 is 5.97 Å². The molecule has 2 aromatic carbocycles. The van der Waals surface area contributed by atoms with Gasteiger partial charge in [0.15, 0.2) is 11.5 Å². The van der Waals surface area contributed by atoms with Crippen LogP contribution in [0.4, 0.5) is 0 Å². The van der Waals surface area contributed by atoms with Gasteiger partial charge >= 0.3 is 5.97 Å². The van der Waals surface area contributed by atoms with E-state index in [4.69, 9.17) is 14.6 Å². The Balaban J connectivity index is 1.89. The molecule has 0 unspecified atom stereocenters. The van der Waals surface area contributed by atoms with E-state index in [1.165, 1.54) is 6.07 Å². The molecule has 0 bridgehead atoms. The van der Waals surface area contributed by atoms with Crippen LogP contribution in [-0.2, 0) is 6.61 Å². The molecular formula is C18H16N2O4. The fraction of sp³-hybridized carbons (Fsp3) is 0.111. The minimum absolute atomic E-state index is 0.0164. The second-order valence-corrected chi connectivity index (χ2v) is 5.08. The number of rotatable bonds is 6. The number of hydrogen-bond donors (Lipinski definition) is 2. The summed E-state index contributed by atoms with van der Waals surface area (Å²) in [4.78, 5) is 11.0. The molecule has 0 saturated carbocycles. The first-order chi connectivity index (χ1) is 11.7. The highest BCUT2D eigenvalue weighted by molar-refractivity contribution is 5.87. The lowest BCUT2D eigenvalue weighted by Crippen LogP contribution is -1.98. The molecule has 0 amide bonds. The second kappa shape index (κ2) is 6.87. The van der Waals surface area contributed by atoms with Crippen LogP contribution >= 0.6 is 0 Å². The summed E-state index contributed by atoms with van der Waals surface area (Å²) >= 11 is 0. The number of para-hydroxylation sites is 1. The third-order valence-corrected chi connectivity index (χ3v) is 3.50. The number of nitrogens with one attached hydrogen (secondary N) is 1. The van der Waals surface area contributed by atoms with Crippen LogP contribution in [0, 0.1) is 0 Å². The highest BCUT2D eigenvalue weighted by Gasteiger charge is 2.16. The van der Waals surface area contributed by atoms with E-state index in [-0.39, 0.29) is 5.69 Å². The average molecular weight is 324 g/mol. The molecule has 0 spiro atoms. The highest BCUT2D eigenvalue weighted by Crippen LogP contribution is 2.37. The van der Waals surface area contributed by atoms with Gasteiger partial charge in [0, 0.05) is 5.56 Å². The summed E-state index contributed by atoms with van der Waals surface area (Å²) in [7, 11) is 1.54. The van der Waals surface area contributed by atoms with Gasteiger partial charge in [-0.1, -0.05) is 36.4 Å². The predicted octanol–water partition coefficient (Wildman–Crippen LogP) is 3.36. The van der Waals surface area contributed by atoms with Crippen LogP contribution in [0.15, 0.2) is 54.6 Å². The molecule has 1 heterocycles. The first-order valence-corrected chi connectivity index (χ1v) is 7.32. The lowest BCUT2D eigenvalue weighted by atomic mass is 10.1. The molecular weight excluding hydrogens is 308 g/mol. The van der Waals surface area contributed by atoms with Crippen LogP contribution in [0.5, 0.6) is 11.5 Å². The average Bonchev–Trinajstić information content (AvgIpc) is 3.10. The van der Waals surface area contributed by atoms with E-state index in [1.807, 2.05) is 36.4 Å². The fourth-order valence-electron chi connectivity index (χ4n) is 2.35. The zero-order chi connectivity index (χ0) is 16.9. The monoisotopic (exact) mass is 324 g/mol. The van der Waals surface area contributed by atoms with Crippen LogP contribution in [0.2, 0.25) is 0 Å². The normalized spacial score (nSPS) is 10.4. The van der Waals surface area contributed by atoms with Crippen molar-refractivity contribution in [1.29, 1.82) is 0 Å². The fourth-order valence-corrected chi connectivity index (χ4v) is 2.35. The minimum atomic E-state index is -1.07. The maximum absolute atomic E-state index is 11.0. The van der Waals surface area contributed by atoms with Crippen LogP contribution < -0.4 is 9.47 Å². The Kier molecular flexibility index (Phi) is 4.47. The van der Waals surface area contributed by atoms with Crippen LogP contribution in [-0.4, -0.2) is 28.4 Å². The number of methoxy groups -OCH3 is 1. The van der Waals surface area contributed by atoms with Gasteiger partial charge in [-0.05, 0) is 23.8 Å². The SMILES string of the molecule is COc1c(OCc2ccccc2)cccc1-c1cc(C(=O)O)[nH]n1. The van der Waals surface area contributed by atoms with E-state index in [1.54, 1.807) is 19.2 Å². The van der Waals surface area contributed by atoms with E-state index >= 15 is 0 Å². The van der Waals surface area contributed by atoms with Crippen molar-refractivity contribution in [3.8, 4) is 22.8 Å². The molecule has 6 heteroatoms. The molecule has 0 aliphatic heterocycles. The van der Waals surface area contributed by atoms with E-state index in [2.05, 4.69) is 10.2 Å². The van der Waals surface area contributed by atoms with Crippen molar-refractivity contribution in [2.45, 2.75) is 6.61 Å². The van der Waals surface area contributed by atoms with Gasteiger partial charge < -0.3 is 14.6 Å². The van der Waals surface area contributed by atoms with Gasteiger partial charge in [0.05, 0.1) is 12.8 Å². The molecule has 0 fully saturated rings. The van der Waals surface area contributed by atoms with E-state index in [0.717, 1.165) is 5.56 Å². The third kappa shape index (κ3) is 3.22. The lowest BCUT2D eigenvalue weighted by molar-refractivity contribution is 0.0690. The smallest absolute Gasteiger partial charge is 0.353 e. The maximum Gasteiger partial charge on any atom is 0.353 e. The van der Waals surface area contributed by atoms with Crippen molar-refractivity contribution < 1.29 is 19.4 Å². The summed E-state index contributed by atoms with van der Waals surface area (Å²) < 4.78 is 11.3. The quantitative estimate of drug-likeness (QED) is 0.726. The van der Waals surface area contributed by atoms with Gasteiger partial charge in [0.1, 0.15) is 12.3 Å². The Morgan fingerprint density at radius 2 is 1.96 bits per heavy atom. The van der Waals surface area contributed by atoms with Crippen molar-refractivity contribution in [3.63, 3.8) is 0 Å². The Bertz CT molecular complexity index is 843. The lowest BCUT2D eigenvalue weighted by Gasteiger charge is -2.13. The largest absolute Gasteiger partial charge is 0.492 e. The summed E-state index contributed by atoms with van der Waals surface area (Å²) in [5.41, 5.74) is 2.20. The van der Waals surface area contributed by atoms with Crippen molar-refractivity contribution >= 4 is 5.97 Å². The number of benzene rings is 2. The molecule has 3 rings (SSSR count). The first kappa shape index (κ1) is 15.6. The standard InChI is InChI=1S/C18H16N2O4/c1-23-17-13(14-10-15(18(21)22)20-19-14)8-5-9-16(17)24-11-12-6-3-2-4-7-12/h2-10H,11H2,1H3,(H,19,20)(H,21,22). The summed E-state index contributed by atoms with van der Waals surface area (Å²) in [6.45, 7) is 0.404. The van der Waals surface area contributed by atoms with Crippen molar-refractivity contribution in [1.82, 2.24) is 10.2 Å². The number of carboxylic acids is 1. The number of H-pyrrole nitrogens is 1. The molecule has 2 N–H and O–H groups in total. The van der Waals surface area contributed by atoms with Gasteiger partial charge in [-0.3, -0.25) is 5.10 Å². The van der Waals surface area contributed by atoms with Gasteiger partial charge in [-0.2, -0.15) is 5.10 Å². The number of aromatic amines is 1. The summed E-state index contributed by atoms with van der Waals surface area (Å²) in [6.07, 6.45) is 0. The molecule has 0 aliphatic rings. The highest BCUT2D eigenvalue weighted by atomic mass is 16.5. The topological polar surface area (TPSA) is 84.4 Å². The summed E-state index contributed by atoms with van der Waals surface area (Å²) in [6, 6.07) is 16.7. The van der Waals surface area contributed by atoms with Crippen molar-refractivity contribution in [2.75, 3.05) is 7.11 Å². The number of carbonyl (C=O) groups is 1. The number of ether oxygens (including phenoxy) is 2. The van der Waals surface area contributed by atoms with Crippen LogP contribution in [0.3, 0.4) is 0 Å². The molecule has 3 aromatic rings. The van der Waals surface area contributed by atoms with Gasteiger partial charge in [0.2, 0.25) is 0 Å². The Morgan fingerprint density at radius 1 is 1.17 bits per heavy atom. The van der Waals surface area contributed by atoms with Crippen LogP contribution in [0.25, 0.3) is 11.3 Å². The molecule has 0 saturated heterocycles. The van der Waals surface area contributed by atoms with Crippen molar-refractivity contribution in [3.05, 3.63) is 65.9 Å². The number of aromatic nitrogens is 2. The summed E-state index contributed by atoms with van der Waals surface area (Å²) in [5, 5.41) is 15.5. The number of nitrogens with zero attached hydrogens (tertiary/aromatic N) is 1. The Hall–Kier alpha value is -3.28. The Morgan fingerprint density at radius 3 is 2.62 bits per heavy atom. The summed E-state index contributed by atoms with van der Waals surface area (Å²) in [5.74, 6) is 0.0137. The van der Waals surface area contributed by atoms with Gasteiger partial charge in [0.25, 0.3) is 0 Å². The minimum Gasteiger partial charge on any atom is -0.492 e. The molecule has 1 aromatic heterocycles. The number of carboxylic acid groups (broad SMARTS) is 1. The molecule has 0 radical (unpaired) electrons. The predicted molar refractivity (Wildman–Crippen MR) is 88.3 cm³/mol. The molecule has 0 atom stereocenters. The number of aromatic carboxylic acids is 1. The first-order valence-electron chi connectivity index (χ1n) is 7.32. The zero-order valence-electron chi connectivity index (χ0n) is 13.0. The van der Waals surface area contributed by atoms with Gasteiger partial charge in [-0.15, -0.1) is 0 Å². The molecule has 6 nitrogen and oxygen atoms in total. The zero-order valence-corrected chi connectivity index (χ0v) is 13.0.